The lowest BCUT2D eigenvalue weighted by Crippen LogP contribution is -2.40. The number of rotatable bonds is 7. The lowest BCUT2D eigenvalue weighted by molar-refractivity contribution is -0.127. The van der Waals surface area contributed by atoms with E-state index in [-0.39, 0.29) is 17.7 Å². The number of aryl methyl sites for hydroxylation is 1. The van der Waals surface area contributed by atoms with Gasteiger partial charge in [0.2, 0.25) is 0 Å². The van der Waals surface area contributed by atoms with Gasteiger partial charge >= 0.3 is 0 Å². The molecule has 4 heteroatoms. The fourth-order valence-electron chi connectivity index (χ4n) is 1.71. The molecule has 1 N–H and O–H groups in total. The molecule has 0 saturated heterocycles. The normalized spacial score (nSPS) is 12.1. The Balaban J connectivity index is 2.52. The van der Waals surface area contributed by atoms with E-state index in [9.17, 15) is 9.59 Å². The predicted octanol–water partition coefficient (Wildman–Crippen LogP) is 2.50. The fraction of sp³-hybridized carbons (Fsp3) is 0.500. The Kier molecular flexibility index (Phi) is 6.22. The second kappa shape index (κ2) is 7.68. The van der Waals surface area contributed by atoms with Crippen molar-refractivity contribution in [3.8, 4) is 5.75 Å². The Bertz CT molecular complexity index is 451. The molecule has 4 nitrogen and oxygen atoms in total. The van der Waals surface area contributed by atoms with Gasteiger partial charge in [-0.05, 0) is 51.8 Å². The van der Waals surface area contributed by atoms with Crippen LogP contribution in [0.5, 0.6) is 5.75 Å². The molecule has 1 amide bonds. The number of hydrogen-bond donors (Lipinski definition) is 1. The van der Waals surface area contributed by atoms with Crippen molar-refractivity contribution in [1.29, 1.82) is 0 Å². The van der Waals surface area contributed by atoms with E-state index in [1.807, 2.05) is 38.1 Å². The Hall–Kier alpha value is -1.84. The Morgan fingerprint density at radius 3 is 2.25 bits per heavy atom. The summed E-state index contributed by atoms with van der Waals surface area (Å²) in [5.74, 6) is 0.716. The predicted molar refractivity (Wildman–Crippen MR) is 78.8 cm³/mol. The largest absolute Gasteiger partial charge is 0.481 e. The van der Waals surface area contributed by atoms with Crippen molar-refractivity contribution >= 4 is 11.7 Å². The summed E-state index contributed by atoms with van der Waals surface area (Å²) >= 11 is 0. The molecule has 0 spiro atoms. The molecular weight excluding hydrogens is 254 g/mol. The zero-order chi connectivity index (χ0) is 15.1. The molecule has 0 radical (unpaired) electrons. The molecule has 0 aliphatic carbocycles. The van der Waals surface area contributed by atoms with E-state index in [4.69, 9.17) is 4.74 Å². The highest BCUT2D eigenvalue weighted by Gasteiger charge is 2.15. The summed E-state index contributed by atoms with van der Waals surface area (Å²) in [6, 6.07) is 7.60. The third-order valence-corrected chi connectivity index (χ3v) is 2.80. The number of ether oxygens (including phenoxy) is 1. The van der Waals surface area contributed by atoms with Crippen molar-refractivity contribution in [2.75, 3.05) is 0 Å². The quantitative estimate of drug-likeness (QED) is 0.833. The zero-order valence-electron chi connectivity index (χ0n) is 12.6. The summed E-state index contributed by atoms with van der Waals surface area (Å²) in [5, 5.41) is 2.81. The van der Waals surface area contributed by atoms with Gasteiger partial charge in [0, 0.05) is 12.5 Å². The fourth-order valence-corrected chi connectivity index (χ4v) is 1.71. The van der Waals surface area contributed by atoms with Gasteiger partial charge in [0.05, 0.1) is 0 Å². The average molecular weight is 277 g/mol. The van der Waals surface area contributed by atoms with Crippen LogP contribution in [0.3, 0.4) is 0 Å². The first-order chi connectivity index (χ1) is 9.38. The molecule has 1 atom stereocenters. The van der Waals surface area contributed by atoms with Gasteiger partial charge < -0.3 is 14.8 Å². The molecular formula is C16H23NO3. The summed E-state index contributed by atoms with van der Waals surface area (Å²) in [6.07, 6.45) is 0.757. The van der Waals surface area contributed by atoms with Gasteiger partial charge in [0.25, 0.3) is 5.91 Å². The number of carbonyl (C=O) groups excluding carboxylic acids is 2. The number of nitrogens with one attached hydrogen (secondary N) is 1. The molecule has 0 bridgehead atoms. The Morgan fingerprint density at radius 2 is 1.75 bits per heavy atom. The van der Waals surface area contributed by atoms with Gasteiger partial charge in [0.1, 0.15) is 11.5 Å². The van der Waals surface area contributed by atoms with Crippen molar-refractivity contribution in [3.05, 3.63) is 29.8 Å². The molecule has 110 valence electrons. The van der Waals surface area contributed by atoms with Crippen molar-refractivity contribution in [2.45, 2.75) is 52.7 Å². The summed E-state index contributed by atoms with van der Waals surface area (Å²) in [7, 11) is 0. The van der Waals surface area contributed by atoms with Crippen LogP contribution in [0.1, 0.15) is 39.7 Å². The Morgan fingerprint density at radius 1 is 1.15 bits per heavy atom. The summed E-state index contributed by atoms with van der Waals surface area (Å²) in [6.45, 7) is 7.14. The highest BCUT2D eigenvalue weighted by Crippen LogP contribution is 2.15. The first kappa shape index (κ1) is 16.2. The molecule has 1 aromatic rings. The van der Waals surface area contributed by atoms with Gasteiger partial charge in [-0.2, -0.15) is 0 Å². The second-order valence-electron chi connectivity index (χ2n) is 5.27. The van der Waals surface area contributed by atoms with Crippen LogP contribution in [0.2, 0.25) is 0 Å². The van der Waals surface area contributed by atoms with Crippen LogP contribution >= 0.6 is 0 Å². The van der Waals surface area contributed by atoms with Crippen LogP contribution < -0.4 is 10.1 Å². The number of amides is 1. The van der Waals surface area contributed by atoms with Crippen molar-refractivity contribution in [1.82, 2.24) is 5.32 Å². The standard InChI is InChI=1S/C16H23NO3/c1-11(2)17-16(19)13(4)20-15-9-7-14(8-10-15)6-5-12(3)18/h7-11,13H,5-6H2,1-4H3,(H,17,19). The molecule has 0 fully saturated rings. The Labute approximate surface area is 120 Å². The van der Waals surface area contributed by atoms with E-state index < -0.39 is 6.10 Å². The third-order valence-electron chi connectivity index (χ3n) is 2.80. The zero-order valence-corrected chi connectivity index (χ0v) is 12.6. The number of benzene rings is 1. The van der Waals surface area contributed by atoms with Crippen LogP contribution in [-0.2, 0) is 16.0 Å². The maximum Gasteiger partial charge on any atom is 0.260 e. The summed E-state index contributed by atoms with van der Waals surface area (Å²) in [5.41, 5.74) is 1.09. The molecule has 0 aliphatic heterocycles. The number of ketones is 1. The molecule has 0 heterocycles. The minimum absolute atomic E-state index is 0.0995. The molecule has 1 unspecified atom stereocenters. The van der Waals surface area contributed by atoms with Crippen molar-refractivity contribution in [2.24, 2.45) is 0 Å². The summed E-state index contributed by atoms with van der Waals surface area (Å²) < 4.78 is 5.58. The van der Waals surface area contributed by atoms with Crippen molar-refractivity contribution in [3.63, 3.8) is 0 Å². The molecule has 20 heavy (non-hydrogen) atoms. The minimum Gasteiger partial charge on any atom is -0.481 e. The van der Waals surface area contributed by atoms with Crippen LogP contribution in [-0.4, -0.2) is 23.8 Å². The highest BCUT2D eigenvalue weighted by atomic mass is 16.5. The maximum atomic E-state index is 11.7. The molecule has 0 aliphatic rings. The summed E-state index contributed by atoms with van der Waals surface area (Å²) in [4.78, 5) is 22.7. The molecule has 0 saturated carbocycles. The van der Waals surface area contributed by atoms with E-state index in [0.717, 1.165) is 12.0 Å². The van der Waals surface area contributed by atoms with E-state index in [1.165, 1.54) is 0 Å². The molecule has 1 aromatic carbocycles. The van der Waals surface area contributed by atoms with Crippen LogP contribution in [0.15, 0.2) is 24.3 Å². The van der Waals surface area contributed by atoms with E-state index in [0.29, 0.717) is 12.2 Å². The average Bonchev–Trinajstić information content (AvgIpc) is 2.37. The lowest BCUT2D eigenvalue weighted by Gasteiger charge is -2.16. The van der Waals surface area contributed by atoms with E-state index >= 15 is 0 Å². The van der Waals surface area contributed by atoms with Crippen LogP contribution in [0.25, 0.3) is 0 Å². The van der Waals surface area contributed by atoms with Gasteiger partial charge in [-0.1, -0.05) is 12.1 Å². The number of carbonyl (C=O) groups is 2. The van der Waals surface area contributed by atoms with Gasteiger partial charge in [-0.3, -0.25) is 4.79 Å². The van der Waals surface area contributed by atoms with Gasteiger partial charge in [0.15, 0.2) is 6.10 Å². The molecule has 1 rings (SSSR count). The maximum absolute atomic E-state index is 11.7. The monoisotopic (exact) mass is 277 g/mol. The second-order valence-corrected chi connectivity index (χ2v) is 5.27. The van der Waals surface area contributed by atoms with Crippen molar-refractivity contribution < 1.29 is 14.3 Å². The van der Waals surface area contributed by atoms with E-state index in [2.05, 4.69) is 5.32 Å². The first-order valence-corrected chi connectivity index (χ1v) is 6.94. The third kappa shape index (κ3) is 5.87. The van der Waals surface area contributed by atoms with Gasteiger partial charge in [-0.15, -0.1) is 0 Å². The topological polar surface area (TPSA) is 55.4 Å². The number of Topliss-reactive ketones (excluding diaryl/α,β-unsaturated/α-hetero) is 1. The lowest BCUT2D eigenvalue weighted by atomic mass is 10.1. The van der Waals surface area contributed by atoms with Crippen LogP contribution in [0.4, 0.5) is 0 Å². The molecule has 0 aromatic heterocycles. The smallest absolute Gasteiger partial charge is 0.260 e. The number of hydrogen-bond acceptors (Lipinski definition) is 3. The SMILES string of the molecule is CC(=O)CCc1ccc(OC(C)C(=O)NC(C)C)cc1. The van der Waals surface area contributed by atoms with Gasteiger partial charge in [-0.25, -0.2) is 0 Å². The van der Waals surface area contributed by atoms with E-state index in [1.54, 1.807) is 13.8 Å². The first-order valence-electron chi connectivity index (χ1n) is 6.94. The highest BCUT2D eigenvalue weighted by molar-refractivity contribution is 5.80. The minimum atomic E-state index is -0.527. The van der Waals surface area contributed by atoms with Crippen LogP contribution in [0, 0.1) is 0 Å².